The normalized spacial score (nSPS) is 41.7. The summed E-state index contributed by atoms with van der Waals surface area (Å²) in [6.07, 6.45) is -1.20. The number of aliphatic hydroxyl groups is 3. The number of hydrogen-bond donors (Lipinski definition) is 3. The van der Waals surface area contributed by atoms with Gasteiger partial charge in [0.05, 0.1) is 18.8 Å². The molecule has 0 radical (unpaired) electrons. The first kappa shape index (κ1) is 7.94. The van der Waals surface area contributed by atoms with Gasteiger partial charge in [0.1, 0.15) is 0 Å². The molecule has 0 amide bonds. The monoisotopic (exact) mass is 148 g/mol. The fraction of sp³-hybridized carbons (Fsp3) is 1.00. The van der Waals surface area contributed by atoms with E-state index >= 15 is 0 Å². The highest BCUT2D eigenvalue weighted by Gasteiger charge is 2.25. The molecule has 0 aromatic rings. The van der Waals surface area contributed by atoms with Crippen molar-refractivity contribution < 1.29 is 20.1 Å². The van der Waals surface area contributed by atoms with Crippen molar-refractivity contribution in [3.05, 3.63) is 0 Å². The second-order valence-electron chi connectivity index (χ2n) is 2.52. The van der Waals surface area contributed by atoms with Crippen LogP contribution in [0.4, 0.5) is 0 Å². The highest BCUT2D eigenvalue weighted by Crippen LogP contribution is 2.17. The maximum atomic E-state index is 9.03. The Morgan fingerprint density at radius 2 is 2.00 bits per heavy atom. The summed E-state index contributed by atoms with van der Waals surface area (Å²) in [5.41, 5.74) is 0. The Bertz CT molecular complexity index is 95.9. The second kappa shape index (κ2) is 3.30. The Kier molecular flexibility index (Phi) is 2.62. The van der Waals surface area contributed by atoms with Crippen LogP contribution in [0.1, 0.15) is 12.8 Å². The van der Waals surface area contributed by atoms with E-state index in [1.165, 1.54) is 0 Å². The topological polar surface area (TPSA) is 69.9 Å². The zero-order valence-electron chi connectivity index (χ0n) is 5.60. The summed E-state index contributed by atoms with van der Waals surface area (Å²) in [7, 11) is 0. The molecule has 10 heavy (non-hydrogen) atoms. The quantitative estimate of drug-likeness (QED) is 0.438. The van der Waals surface area contributed by atoms with Crippen LogP contribution in [-0.4, -0.2) is 40.4 Å². The molecule has 1 rings (SSSR count). The maximum absolute atomic E-state index is 9.03. The predicted molar refractivity (Wildman–Crippen MR) is 33.2 cm³/mol. The largest absolute Gasteiger partial charge is 0.394 e. The van der Waals surface area contributed by atoms with Gasteiger partial charge in [0, 0.05) is 12.8 Å². The fourth-order valence-corrected chi connectivity index (χ4v) is 1.08. The van der Waals surface area contributed by atoms with Gasteiger partial charge in [-0.25, -0.2) is 0 Å². The first-order valence-corrected chi connectivity index (χ1v) is 3.35. The molecule has 0 aromatic carbocycles. The van der Waals surface area contributed by atoms with Crippen LogP contribution in [0.3, 0.4) is 0 Å². The molecule has 1 saturated heterocycles. The Labute approximate surface area is 59.1 Å². The molecule has 0 aromatic heterocycles. The minimum atomic E-state index is -0.916. The van der Waals surface area contributed by atoms with Gasteiger partial charge in [-0.15, -0.1) is 0 Å². The minimum absolute atomic E-state index is 0.145. The van der Waals surface area contributed by atoms with Crippen molar-refractivity contribution in [3.8, 4) is 0 Å². The molecule has 4 heteroatoms. The molecule has 0 aliphatic carbocycles. The summed E-state index contributed by atoms with van der Waals surface area (Å²) >= 11 is 0. The third-order valence-electron chi connectivity index (χ3n) is 1.56. The van der Waals surface area contributed by atoms with Gasteiger partial charge >= 0.3 is 0 Å². The number of aliphatic hydroxyl groups excluding tert-OH is 3. The van der Waals surface area contributed by atoms with E-state index in [0.29, 0.717) is 6.42 Å². The summed E-state index contributed by atoms with van der Waals surface area (Å²) in [6.45, 7) is -0.145. The summed E-state index contributed by atoms with van der Waals surface area (Å²) in [5, 5.41) is 26.5. The van der Waals surface area contributed by atoms with Crippen LogP contribution in [0.2, 0.25) is 0 Å². The van der Waals surface area contributed by atoms with Crippen LogP contribution >= 0.6 is 0 Å². The van der Waals surface area contributed by atoms with Crippen LogP contribution in [0, 0.1) is 0 Å². The van der Waals surface area contributed by atoms with E-state index in [1.807, 2.05) is 0 Å². The van der Waals surface area contributed by atoms with Gasteiger partial charge in [-0.05, 0) is 0 Å². The van der Waals surface area contributed by atoms with Gasteiger partial charge in [-0.3, -0.25) is 0 Å². The number of ether oxygens (including phenoxy) is 1. The molecular weight excluding hydrogens is 136 g/mol. The van der Waals surface area contributed by atoms with Crippen LogP contribution < -0.4 is 0 Å². The van der Waals surface area contributed by atoms with Crippen molar-refractivity contribution in [2.24, 2.45) is 0 Å². The smallest absolute Gasteiger partial charge is 0.157 e. The van der Waals surface area contributed by atoms with Crippen molar-refractivity contribution in [2.45, 2.75) is 31.3 Å². The second-order valence-corrected chi connectivity index (χ2v) is 2.52. The third kappa shape index (κ3) is 1.91. The van der Waals surface area contributed by atoms with Gasteiger partial charge < -0.3 is 20.1 Å². The zero-order chi connectivity index (χ0) is 7.56. The zero-order valence-corrected chi connectivity index (χ0v) is 5.60. The van der Waals surface area contributed by atoms with E-state index < -0.39 is 18.5 Å². The third-order valence-corrected chi connectivity index (χ3v) is 1.56. The Balaban J connectivity index is 2.35. The highest BCUT2D eigenvalue weighted by atomic mass is 16.6. The van der Waals surface area contributed by atoms with Crippen molar-refractivity contribution in [1.82, 2.24) is 0 Å². The van der Waals surface area contributed by atoms with Crippen LogP contribution in [0.15, 0.2) is 0 Å². The Hall–Kier alpha value is -0.160. The molecular formula is C6H12O4. The Morgan fingerprint density at radius 3 is 2.50 bits per heavy atom. The van der Waals surface area contributed by atoms with Crippen LogP contribution in [-0.2, 0) is 4.74 Å². The molecule has 1 unspecified atom stereocenters. The molecule has 4 nitrogen and oxygen atoms in total. The van der Waals surface area contributed by atoms with Gasteiger partial charge in [0.15, 0.2) is 6.29 Å². The minimum Gasteiger partial charge on any atom is -0.394 e. The highest BCUT2D eigenvalue weighted by molar-refractivity contribution is 4.71. The standard InChI is InChI=1S/C6H12O4/c7-3-5-1-4(8)2-6(9)10-5/h4-9H,1-3H2/t4?,5-,6+/m0/s1. The van der Waals surface area contributed by atoms with E-state index in [9.17, 15) is 0 Å². The van der Waals surface area contributed by atoms with Crippen molar-refractivity contribution in [3.63, 3.8) is 0 Å². The molecule has 0 bridgehead atoms. The van der Waals surface area contributed by atoms with Gasteiger partial charge in [-0.2, -0.15) is 0 Å². The van der Waals surface area contributed by atoms with Crippen LogP contribution in [0.25, 0.3) is 0 Å². The molecule has 0 saturated carbocycles. The van der Waals surface area contributed by atoms with Crippen molar-refractivity contribution in [1.29, 1.82) is 0 Å². The van der Waals surface area contributed by atoms with Crippen molar-refractivity contribution in [2.75, 3.05) is 6.61 Å². The SMILES string of the molecule is OC[C@@H]1CC(O)C[C@H](O)O1. The van der Waals surface area contributed by atoms with E-state index in [2.05, 4.69) is 0 Å². The summed E-state index contributed by atoms with van der Waals surface area (Å²) in [5.74, 6) is 0. The van der Waals surface area contributed by atoms with E-state index in [0.717, 1.165) is 0 Å². The molecule has 1 aliphatic heterocycles. The maximum Gasteiger partial charge on any atom is 0.157 e. The molecule has 3 atom stereocenters. The number of rotatable bonds is 1. The fourth-order valence-electron chi connectivity index (χ4n) is 1.08. The average Bonchev–Trinajstić information content (AvgIpc) is 1.85. The first-order valence-electron chi connectivity index (χ1n) is 3.35. The summed E-state index contributed by atoms with van der Waals surface area (Å²) in [6, 6.07) is 0. The van der Waals surface area contributed by atoms with Gasteiger partial charge in [0.2, 0.25) is 0 Å². The predicted octanol–water partition coefficient (Wildman–Crippen LogP) is -1.16. The molecule has 60 valence electrons. The van der Waals surface area contributed by atoms with Crippen LogP contribution in [0.5, 0.6) is 0 Å². The lowest BCUT2D eigenvalue weighted by atomic mass is 10.1. The first-order chi connectivity index (χ1) is 4.72. The summed E-state index contributed by atoms with van der Waals surface area (Å²) in [4.78, 5) is 0. The van der Waals surface area contributed by atoms with Gasteiger partial charge in [-0.1, -0.05) is 0 Å². The Morgan fingerprint density at radius 1 is 1.30 bits per heavy atom. The number of hydrogen-bond acceptors (Lipinski definition) is 4. The molecule has 3 N–H and O–H groups in total. The van der Waals surface area contributed by atoms with Gasteiger partial charge in [0.25, 0.3) is 0 Å². The van der Waals surface area contributed by atoms with E-state index in [4.69, 9.17) is 20.1 Å². The molecule has 1 fully saturated rings. The average molecular weight is 148 g/mol. The lowest BCUT2D eigenvalue weighted by Crippen LogP contribution is -2.37. The van der Waals surface area contributed by atoms with Crippen molar-refractivity contribution >= 4 is 0 Å². The lowest BCUT2D eigenvalue weighted by molar-refractivity contribution is -0.197. The van der Waals surface area contributed by atoms with E-state index in [-0.39, 0.29) is 13.0 Å². The molecule has 0 spiro atoms. The lowest BCUT2D eigenvalue weighted by Gasteiger charge is -2.28. The summed E-state index contributed by atoms with van der Waals surface area (Å²) < 4.78 is 4.85. The molecule has 1 heterocycles. The van der Waals surface area contributed by atoms with E-state index in [1.54, 1.807) is 0 Å². The molecule has 1 aliphatic rings.